The molecule has 0 radical (unpaired) electrons. The molecule has 0 aliphatic heterocycles. The van der Waals surface area contributed by atoms with Crippen LogP contribution in [0.2, 0.25) is 0 Å². The predicted molar refractivity (Wildman–Crippen MR) is 118 cm³/mol. The molecular weight excluding hydrogens is 396 g/mol. The van der Waals surface area contributed by atoms with Gasteiger partial charge in [0, 0.05) is 4.47 Å². The van der Waals surface area contributed by atoms with Crippen molar-refractivity contribution < 1.29 is 0 Å². The molecule has 126 valence electrons. The molecule has 26 heavy (non-hydrogen) atoms. The molecule has 0 nitrogen and oxygen atoms in total. The van der Waals surface area contributed by atoms with Gasteiger partial charge >= 0.3 is 0 Å². The molecule has 0 aliphatic carbocycles. The zero-order valence-corrected chi connectivity index (χ0v) is 16.9. The average Bonchev–Trinajstić information content (AvgIpc) is 2.72. The zero-order valence-electron chi connectivity index (χ0n) is 14.3. The van der Waals surface area contributed by atoms with Crippen molar-refractivity contribution >= 4 is 44.8 Å². The fourth-order valence-electron chi connectivity index (χ4n) is 3.80. The maximum Gasteiger partial charge on any atom is 0.180 e. The lowest BCUT2D eigenvalue weighted by Crippen LogP contribution is -2.75. The molecule has 0 saturated carbocycles. The molecule has 0 atom stereocenters. The summed E-state index contributed by atoms with van der Waals surface area (Å²) in [6.45, 7) is 0. The summed E-state index contributed by atoms with van der Waals surface area (Å²) < 4.78 is 1.17. The van der Waals surface area contributed by atoms with Gasteiger partial charge in [-0.2, -0.15) is 0 Å². The summed E-state index contributed by atoms with van der Waals surface area (Å²) in [7, 11) is -2.39. The van der Waals surface area contributed by atoms with Crippen molar-refractivity contribution in [1.29, 1.82) is 0 Å². The summed E-state index contributed by atoms with van der Waals surface area (Å²) in [4.78, 5) is 0. The molecule has 0 bridgehead atoms. The van der Waals surface area contributed by atoms with Crippen LogP contribution in [0.15, 0.2) is 120 Å². The highest BCUT2D eigenvalue weighted by Crippen LogP contribution is 2.15. The van der Waals surface area contributed by atoms with Gasteiger partial charge in [-0.3, -0.25) is 0 Å². The van der Waals surface area contributed by atoms with Crippen LogP contribution in [0.1, 0.15) is 0 Å². The minimum absolute atomic E-state index is 1.17. The van der Waals surface area contributed by atoms with Crippen LogP contribution in [-0.2, 0) is 0 Å². The van der Waals surface area contributed by atoms with E-state index in [9.17, 15) is 0 Å². The van der Waals surface area contributed by atoms with Crippen LogP contribution in [0.4, 0.5) is 0 Å². The second-order valence-electron chi connectivity index (χ2n) is 6.33. The molecule has 4 aromatic carbocycles. The SMILES string of the molecule is Brc1ccccc1[Si](c1ccccc1)(c1ccccc1)c1ccccc1. The quantitative estimate of drug-likeness (QED) is 0.351. The summed E-state index contributed by atoms with van der Waals surface area (Å²) in [6, 6.07) is 41.6. The second kappa shape index (κ2) is 7.44. The van der Waals surface area contributed by atoms with Crippen LogP contribution < -0.4 is 20.7 Å². The van der Waals surface area contributed by atoms with Crippen molar-refractivity contribution in [2.45, 2.75) is 0 Å². The first-order chi connectivity index (χ1) is 12.8. The highest BCUT2D eigenvalue weighted by atomic mass is 79.9. The van der Waals surface area contributed by atoms with Gasteiger partial charge in [0.15, 0.2) is 8.07 Å². The fraction of sp³-hybridized carbons (Fsp3) is 0. The lowest BCUT2D eigenvalue weighted by Gasteiger charge is -2.35. The van der Waals surface area contributed by atoms with Crippen LogP contribution in [0.3, 0.4) is 0 Å². The Kier molecular flexibility index (Phi) is 4.87. The Balaban J connectivity index is 2.17. The van der Waals surface area contributed by atoms with Gasteiger partial charge in [-0.15, -0.1) is 0 Å². The summed E-state index contributed by atoms with van der Waals surface area (Å²) in [6.07, 6.45) is 0. The molecule has 4 rings (SSSR count). The van der Waals surface area contributed by atoms with Gasteiger partial charge in [0.1, 0.15) is 0 Å². The van der Waals surface area contributed by atoms with Crippen molar-refractivity contribution in [3.05, 3.63) is 120 Å². The lowest BCUT2D eigenvalue weighted by atomic mass is 10.3. The van der Waals surface area contributed by atoms with E-state index in [0.29, 0.717) is 0 Å². The molecule has 0 heterocycles. The Morgan fingerprint density at radius 3 is 1.15 bits per heavy atom. The number of hydrogen-bond acceptors (Lipinski definition) is 0. The monoisotopic (exact) mass is 414 g/mol. The molecule has 0 aliphatic rings. The van der Waals surface area contributed by atoms with Crippen LogP contribution in [0, 0.1) is 0 Å². The highest BCUT2D eigenvalue weighted by Gasteiger charge is 2.42. The maximum atomic E-state index is 3.86. The Bertz CT molecular complexity index is 885. The Labute approximate surface area is 164 Å². The fourth-order valence-corrected chi connectivity index (χ4v) is 9.77. The number of halogens is 1. The third-order valence-electron chi connectivity index (χ3n) is 4.90. The summed E-state index contributed by atoms with van der Waals surface area (Å²) in [5.74, 6) is 0. The van der Waals surface area contributed by atoms with Crippen molar-refractivity contribution in [2.75, 3.05) is 0 Å². The molecule has 0 fully saturated rings. The van der Waals surface area contributed by atoms with Gasteiger partial charge in [0.25, 0.3) is 0 Å². The minimum atomic E-state index is -2.39. The Morgan fingerprint density at radius 1 is 0.423 bits per heavy atom. The van der Waals surface area contributed by atoms with E-state index in [-0.39, 0.29) is 0 Å². The first kappa shape index (κ1) is 17.0. The van der Waals surface area contributed by atoms with E-state index in [1.54, 1.807) is 0 Å². The van der Waals surface area contributed by atoms with E-state index >= 15 is 0 Å². The molecule has 0 amide bonds. The average molecular weight is 415 g/mol. The first-order valence-corrected chi connectivity index (χ1v) is 11.5. The molecule has 0 unspecified atom stereocenters. The van der Waals surface area contributed by atoms with Crippen LogP contribution in [0.5, 0.6) is 0 Å². The summed E-state index contributed by atoms with van der Waals surface area (Å²) in [5, 5.41) is 5.56. The summed E-state index contributed by atoms with van der Waals surface area (Å²) >= 11 is 3.86. The van der Waals surface area contributed by atoms with Gasteiger partial charge < -0.3 is 0 Å². The minimum Gasteiger partial charge on any atom is -0.0623 e. The number of hydrogen-bond donors (Lipinski definition) is 0. The van der Waals surface area contributed by atoms with Gasteiger partial charge in [-0.05, 0) is 26.8 Å². The molecular formula is C24H19BrSi. The Morgan fingerprint density at radius 2 is 0.769 bits per heavy atom. The van der Waals surface area contributed by atoms with Gasteiger partial charge in [0.2, 0.25) is 0 Å². The second-order valence-corrected chi connectivity index (χ2v) is 11.0. The molecule has 4 aromatic rings. The zero-order chi connectivity index (χ0) is 17.8. The normalized spacial score (nSPS) is 11.3. The van der Waals surface area contributed by atoms with Crippen LogP contribution in [0.25, 0.3) is 0 Å². The van der Waals surface area contributed by atoms with Gasteiger partial charge in [0.05, 0.1) is 0 Å². The Hall–Kier alpha value is -2.42. The molecule has 0 N–H and O–H groups in total. The van der Waals surface area contributed by atoms with Gasteiger partial charge in [-0.25, -0.2) is 0 Å². The van der Waals surface area contributed by atoms with Crippen molar-refractivity contribution in [2.24, 2.45) is 0 Å². The first-order valence-electron chi connectivity index (χ1n) is 8.75. The van der Waals surface area contributed by atoms with Gasteiger partial charge in [-0.1, -0.05) is 125 Å². The molecule has 0 aromatic heterocycles. The van der Waals surface area contributed by atoms with Crippen molar-refractivity contribution in [1.82, 2.24) is 0 Å². The molecule has 0 saturated heterocycles. The predicted octanol–water partition coefficient (Wildman–Crippen LogP) is 3.83. The smallest absolute Gasteiger partial charge is 0.0623 e. The van der Waals surface area contributed by atoms with Crippen LogP contribution in [-0.4, -0.2) is 8.07 Å². The standard InChI is InChI=1S/C24H19BrSi/c25-23-18-10-11-19-24(23)26(20-12-4-1-5-13-20,21-14-6-2-7-15-21)22-16-8-3-9-17-22/h1-19H. The third-order valence-corrected chi connectivity index (χ3v) is 10.8. The molecule has 2 heteroatoms. The van der Waals surface area contributed by atoms with E-state index in [4.69, 9.17) is 0 Å². The van der Waals surface area contributed by atoms with E-state index in [0.717, 1.165) is 0 Å². The van der Waals surface area contributed by atoms with E-state index in [1.807, 2.05) is 0 Å². The van der Waals surface area contributed by atoms with E-state index in [1.165, 1.54) is 25.2 Å². The van der Waals surface area contributed by atoms with E-state index < -0.39 is 8.07 Å². The van der Waals surface area contributed by atoms with Crippen molar-refractivity contribution in [3.8, 4) is 0 Å². The number of benzene rings is 4. The van der Waals surface area contributed by atoms with E-state index in [2.05, 4.69) is 131 Å². The lowest BCUT2D eigenvalue weighted by molar-refractivity contribution is 1.64. The maximum absolute atomic E-state index is 3.86. The summed E-state index contributed by atoms with van der Waals surface area (Å²) in [5.41, 5.74) is 0. The highest BCUT2D eigenvalue weighted by molar-refractivity contribution is 9.10. The number of rotatable bonds is 4. The topological polar surface area (TPSA) is 0 Å². The third kappa shape index (κ3) is 2.85. The van der Waals surface area contributed by atoms with Crippen molar-refractivity contribution in [3.63, 3.8) is 0 Å². The van der Waals surface area contributed by atoms with Crippen LogP contribution >= 0.6 is 15.9 Å². The largest absolute Gasteiger partial charge is 0.180 e. The molecule has 0 spiro atoms.